The lowest BCUT2D eigenvalue weighted by atomic mass is 9.94. The van der Waals surface area contributed by atoms with Crippen molar-refractivity contribution in [1.29, 1.82) is 0 Å². The molecule has 7 heteroatoms. The first-order valence-corrected chi connectivity index (χ1v) is 9.54. The van der Waals surface area contributed by atoms with Crippen LogP contribution in [0.4, 0.5) is 10.1 Å². The van der Waals surface area contributed by atoms with Crippen LogP contribution in [0.3, 0.4) is 0 Å². The Bertz CT molecular complexity index is 1210. The highest BCUT2D eigenvalue weighted by Gasteiger charge is 2.47. The van der Waals surface area contributed by atoms with Crippen LogP contribution in [0, 0.1) is 12.7 Å². The van der Waals surface area contributed by atoms with Crippen LogP contribution in [-0.2, 0) is 9.59 Å². The summed E-state index contributed by atoms with van der Waals surface area (Å²) >= 11 is 0. The number of aryl methyl sites for hydroxylation is 1. The van der Waals surface area contributed by atoms with Crippen LogP contribution in [0.2, 0.25) is 0 Å². The van der Waals surface area contributed by atoms with Crippen LogP contribution in [0.15, 0.2) is 72.6 Å². The fourth-order valence-electron chi connectivity index (χ4n) is 3.76. The summed E-state index contributed by atoms with van der Waals surface area (Å²) < 4.78 is 19.1. The van der Waals surface area contributed by atoms with E-state index in [1.165, 1.54) is 42.6 Å². The number of nitrogens with zero attached hydrogens (tertiary/aromatic N) is 2. The number of Topliss-reactive ketones (excluding diaryl/α,β-unsaturated/α-hetero) is 1. The number of halogens is 1. The molecule has 1 saturated heterocycles. The summed E-state index contributed by atoms with van der Waals surface area (Å²) in [6.07, 6.45) is 3.05. The van der Waals surface area contributed by atoms with Gasteiger partial charge in [0, 0.05) is 23.6 Å². The fraction of sp³-hybridized carbons (Fsp3) is 0.125. The van der Waals surface area contributed by atoms with Crippen LogP contribution >= 0.6 is 0 Å². The van der Waals surface area contributed by atoms with Gasteiger partial charge >= 0.3 is 0 Å². The van der Waals surface area contributed by atoms with Crippen LogP contribution in [0.5, 0.6) is 5.75 Å². The molecule has 31 heavy (non-hydrogen) atoms. The Morgan fingerprint density at radius 2 is 1.84 bits per heavy atom. The maximum absolute atomic E-state index is 13.9. The lowest BCUT2D eigenvalue weighted by Gasteiger charge is -2.25. The molecule has 156 valence electrons. The molecule has 1 unspecified atom stereocenters. The number of ketones is 1. The van der Waals surface area contributed by atoms with Gasteiger partial charge in [0.1, 0.15) is 17.3 Å². The molecule has 1 aromatic heterocycles. The topological polar surface area (TPSA) is 79.7 Å². The summed E-state index contributed by atoms with van der Waals surface area (Å²) in [4.78, 5) is 31.3. The van der Waals surface area contributed by atoms with E-state index in [2.05, 4.69) is 4.98 Å². The second kappa shape index (κ2) is 8.02. The minimum Gasteiger partial charge on any atom is -0.507 e. The van der Waals surface area contributed by atoms with E-state index in [9.17, 15) is 19.1 Å². The molecule has 1 N–H and O–H groups in total. The number of hydrogen-bond donors (Lipinski definition) is 1. The Balaban J connectivity index is 1.95. The van der Waals surface area contributed by atoms with E-state index < -0.39 is 23.5 Å². The van der Waals surface area contributed by atoms with Gasteiger partial charge < -0.3 is 9.84 Å². The normalized spacial score (nSPS) is 17.8. The molecule has 6 nitrogen and oxygen atoms in total. The molecular formula is C24H19FN2O4. The second-order valence-corrected chi connectivity index (χ2v) is 7.11. The number of carbonyl (C=O) groups is 2. The standard InChI is InChI=1S/C24H19FN2O4/c1-14-12-18(31-2)6-7-19(14)22(28)20-21(15-8-10-26-11-9-15)27(24(30)23(20)29)17-5-3-4-16(25)13-17/h3-13,21,28H,1-2H3/b22-20-. The number of amides is 1. The molecule has 0 bridgehead atoms. The molecule has 1 atom stereocenters. The minimum atomic E-state index is -0.939. The summed E-state index contributed by atoms with van der Waals surface area (Å²) in [5.74, 6) is -1.95. The van der Waals surface area contributed by atoms with Gasteiger partial charge in [-0.15, -0.1) is 0 Å². The predicted octanol–water partition coefficient (Wildman–Crippen LogP) is 4.16. The summed E-state index contributed by atoms with van der Waals surface area (Å²) in [6.45, 7) is 1.77. The van der Waals surface area contributed by atoms with Crippen molar-refractivity contribution in [1.82, 2.24) is 4.98 Å². The zero-order valence-electron chi connectivity index (χ0n) is 16.9. The number of carbonyl (C=O) groups excluding carboxylic acids is 2. The lowest BCUT2D eigenvalue weighted by Crippen LogP contribution is -2.29. The Labute approximate surface area is 178 Å². The maximum atomic E-state index is 13.9. The molecule has 2 heterocycles. The average Bonchev–Trinajstić information content (AvgIpc) is 3.04. The van der Waals surface area contributed by atoms with Crippen molar-refractivity contribution in [2.75, 3.05) is 12.0 Å². The molecule has 0 spiro atoms. The van der Waals surface area contributed by atoms with Crippen LogP contribution < -0.4 is 9.64 Å². The summed E-state index contributed by atoms with van der Waals surface area (Å²) in [6, 6.07) is 12.8. The number of methoxy groups -OCH3 is 1. The van der Waals surface area contributed by atoms with E-state index in [1.807, 2.05) is 0 Å². The molecule has 3 aromatic rings. The van der Waals surface area contributed by atoms with E-state index in [0.29, 0.717) is 22.4 Å². The number of ether oxygens (including phenoxy) is 1. The van der Waals surface area contributed by atoms with Gasteiger partial charge in [-0.1, -0.05) is 6.07 Å². The molecule has 1 amide bonds. The lowest BCUT2D eigenvalue weighted by molar-refractivity contribution is -0.132. The monoisotopic (exact) mass is 418 g/mol. The fourth-order valence-corrected chi connectivity index (χ4v) is 3.76. The van der Waals surface area contributed by atoms with Gasteiger partial charge in [0.15, 0.2) is 0 Å². The van der Waals surface area contributed by atoms with Gasteiger partial charge in [-0.3, -0.25) is 19.5 Å². The Hall–Kier alpha value is -4.00. The number of aromatic nitrogens is 1. The van der Waals surface area contributed by atoms with Crippen molar-refractivity contribution in [2.24, 2.45) is 0 Å². The van der Waals surface area contributed by atoms with Gasteiger partial charge in [-0.2, -0.15) is 0 Å². The SMILES string of the molecule is COc1ccc(/C(O)=C2/C(=O)C(=O)N(c3cccc(F)c3)C2c2ccncc2)c(C)c1. The second-order valence-electron chi connectivity index (χ2n) is 7.11. The third-order valence-electron chi connectivity index (χ3n) is 5.24. The molecule has 0 aliphatic carbocycles. The Kier molecular flexibility index (Phi) is 5.25. The van der Waals surface area contributed by atoms with Crippen molar-refractivity contribution in [2.45, 2.75) is 13.0 Å². The van der Waals surface area contributed by atoms with Gasteiger partial charge in [0.25, 0.3) is 11.7 Å². The molecule has 1 aliphatic rings. The van der Waals surface area contributed by atoms with E-state index in [0.717, 1.165) is 0 Å². The highest BCUT2D eigenvalue weighted by atomic mass is 19.1. The highest BCUT2D eigenvalue weighted by Crippen LogP contribution is 2.42. The zero-order valence-corrected chi connectivity index (χ0v) is 16.9. The number of pyridine rings is 1. The van der Waals surface area contributed by atoms with Crippen LogP contribution in [0.1, 0.15) is 22.7 Å². The molecule has 2 aromatic carbocycles. The van der Waals surface area contributed by atoms with Crippen LogP contribution in [-0.4, -0.2) is 28.9 Å². The molecule has 0 radical (unpaired) electrons. The quantitative estimate of drug-likeness (QED) is 0.391. The number of benzene rings is 2. The van der Waals surface area contributed by atoms with Gasteiger partial charge in [-0.25, -0.2) is 4.39 Å². The smallest absolute Gasteiger partial charge is 0.300 e. The third-order valence-corrected chi connectivity index (χ3v) is 5.24. The van der Waals surface area contributed by atoms with E-state index in [1.54, 1.807) is 43.3 Å². The first-order chi connectivity index (χ1) is 14.9. The molecule has 1 fully saturated rings. The Morgan fingerprint density at radius 1 is 1.10 bits per heavy atom. The van der Waals surface area contributed by atoms with Crippen molar-refractivity contribution < 1.29 is 23.8 Å². The zero-order chi connectivity index (χ0) is 22.1. The van der Waals surface area contributed by atoms with E-state index in [4.69, 9.17) is 4.74 Å². The van der Waals surface area contributed by atoms with Crippen molar-refractivity contribution >= 4 is 23.1 Å². The van der Waals surface area contributed by atoms with E-state index in [-0.39, 0.29) is 17.0 Å². The largest absolute Gasteiger partial charge is 0.507 e. The third kappa shape index (κ3) is 3.54. The first kappa shape index (κ1) is 20.3. The van der Waals surface area contributed by atoms with Crippen molar-refractivity contribution in [3.05, 3.63) is 95.1 Å². The molecule has 4 rings (SSSR count). The maximum Gasteiger partial charge on any atom is 0.300 e. The number of aliphatic hydroxyl groups is 1. The summed E-state index contributed by atoms with van der Waals surface area (Å²) in [5, 5.41) is 11.2. The molecular weight excluding hydrogens is 399 g/mol. The van der Waals surface area contributed by atoms with Gasteiger partial charge in [0.05, 0.1) is 18.7 Å². The van der Waals surface area contributed by atoms with Crippen molar-refractivity contribution in [3.8, 4) is 5.75 Å². The van der Waals surface area contributed by atoms with Crippen LogP contribution in [0.25, 0.3) is 5.76 Å². The number of aliphatic hydroxyl groups excluding tert-OH is 1. The van der Waals surface area contributed by atoms with Gasteiger partial charge in [0.2, 0.25) is 0 Å². The average molecular weight is 418 g/mol. The van der Waals surface area contributed by atoms with E-state index >= 15 is 0 Å². The van der Waals surface area contributed by atoms with Gasteiger partial charge in [-0.05, 0) is 66.6 Å². The highest BCUT2D eigenvalue weighted by molar-refractivity contribution is 6.51. The van der Waals surface area contributed by atoms with Crippen molar-refractivity contribution in [3.63, 3.8) is 0 Å². The molecule has 1 aliphatic heterocycles. The Morgan fingerprint density at radius 3 is 2.48 bits per heavy atom. The first-order valence-electron chi connectivity index (χ1n) is 9.54. The summed E-state index contributed by atoms with van der Waals surface area (Å²) in [7, 11) is 1.53. The summed E-state index contributed by atoms with van der Waals surface area (Å²) in [5.41, 5.74) is 1.77. The minimum absolute atomic E-state index is 0.0753. The molecule has 0 saturated carbocycles. The number of hydrogen-bond acceptors (Lipinski definition) is 5. The number of rotatable bonds is 4. The number of anilines is 1. The predicted molar refractivity (Wildman–Crippen MR) is 113 cm³/mol.